The molecule has 3 fully saturated rings. The van der Waals surface area contributed by atoms with E-state index in [9.17, 15) is 24.9 Å². The highest BCUT2D eigenvalue weighted by atomic mass is 28.3. The number of aliphatic carboxylic acids is 2. The molecule has 1 aliphatic carbocycles. The minimum Gasteiger partial charge on any atom is -0.478 e. The van der Waals surface area contributed by atoms with Gasteiger partial charge in [-0.05, 0) is 100 Å². The van der Waals surface area contributed by atoms with E-state index in [1.165, 1.54) is 78.1 Å². The summed E-state index contributed by atoms with van der Waals surface area (Å²) in [5, 5.41) is 32.8. The van der Waals surface area contributed by atoms with Gasteiger partial charge >= 0.3 is 11.9 Å². The monoisotopic (exact) mass is 609 g/mol. The molecule has 0 radical (unpaired) electrons. The molecule has 2 aromatic rings. The van der Waals surface area contributed by atoms with E-state index in [2.05, 4.69) is 51.2 Å². The number of fused-ring (bicyclic) bond motifs is 4. The fourth-order valence-corrected chi connectivity index (χ4v) is 13.3. The van der Waals surface area contributed by atoms with Gasteiger partial charge in [0.1, 0.15) is 8.07 Å². The molecule has 0 bridgehead atoms. The zero-order chi connectivity index (χ0) is 30.4. The molecule has 7 rings (SSSR count). The predicted molar refractivity (Wildman–Crippen MR) is 176 cm³/mol. The molecule has 4 heterocycles. The van der Waals surface area contributed by atoms with Crippen LogP contribution in [0.25, 0.3) is 5.57 Å². The SMILES string of the molecule is O=C(O)C1=CC(=C2c3ccc(N4CCC4)cc3[Si]3(CCCCC3)c3cc(N4CCC4)ccc32)C(C(=O)O)=CC1=NCCCO. The summed E-state index contributed by atoms with van der Waals surface area (Å²) in [5.41, 5.74) is 5.95. The first kappa shape index (κ1) is 28.8. The smallest absolute Gasteiger partial charge is 0.337 e. The number of nitrogens with zero attached hydrogens (tertiary/aromatic N) is 3. The van der Waals surface area contributed by atoms with Crippen molar-refractivity contribution < 1.29 is 24.9 Å². The van der Waals surface area contributed by atoms with Crippen molar-refractivity contribution in [3.63, 3.8) is 0 Å². The molecule has 0 saturated carbocycles. The van der Waals surface area contributed by atoms with Gasteiger partial charge in [-0.1, -0.05) is 31.4 Å². The highest BCUT2D eigenvalue weighted by Gasteiger charge is 2.47. The number of carboxylic acid groups (broad SMARTS) is 2. The summed E-state index contributed by atoms with van der Waals surface area (Å²) in [7, 11) is -2.21. The van der Waals surface area contributed by atoms with E-state index in [0.717, 1.165) is 42.9 Å². The second-order valence-electron chi connectivity index (χ2n) is 12.6. The van der Waals surface area contributed by atoms with Crippen LogP contribution in [0.2, 0.25) is 12.1 Å². The maximum Gasteiger partial charge on any atom is 0.337 e. The number of benzene rings is 2. The van der Waals surface area contributed by atoms with E-state index >= 15 is 0 Å². The van der Waals surface area contributed by atoms with Gasteiger partial charge in [0, 0.05) is 50.7 Å². The first-order valence-electron chi connectivity index (χ1n) is 16.0. The summed E-state index contributed by atoms with van der Waals surface area (Å²) in [6.45, 7) is 4.33. The van der Waals surface area contributed by atoms with Crippen LogP contribution >= 0.6 is 0 Å². The molecule has 8 nitrogen and oxygen atoms in total. The number of carbonyl (C=O) groups is 2. The van der Waals surface area contributed by atoms with Crippen molar-refractivity contribution in [2.75, 3.05) is 49.1 Å². The Kier molecular flexibility index (Phi) is 7.54. The summed E-state index contributed by atoms with van der Waals surface area (Å²) < 4.78 is 0. The van der Waals surface area contributed by atoms with Crippen molar-refractivity contribution in [3.05, 3.63) is 76.4 Å². The standard InChI is InChI=1S/C35H39N3O5Si/c39-16-4-11-36-30-22-28(34(40)41)27(21-29(30)35(42)43)33-25-9-7-23(37-12-5-13-37)19-31(25)44(17-2-1-3-18-44)32-20-24(8-10-26(32)33)38-14-6-15-38/h7-10,19-22,39H,1-6,11-18H2,(H,40,41)(H,42,43). The number of aliphatic hydroxyl groups is 1. The summed E-state index contributed by atoms with van der Waals surface area (Å²) in [4.78, 5) is 34.7. The van der Waals surface area contributed by atoms with Crippen LogP contribution in [0.3, 0.4) is 0 Å². The summed E-state index contributed by atoms with van der Waals surface area (Å²) in [5.74, 6) is -2.27. The van der Waals surface area contributed by atoms with Crippen LogP contribution in [0.1, 0.15) is 49.7 Å². The first-order valence-corrected chi connectivity index (χ1v) is 18.4. The Bertz CT molecular complexity index is 1590. The lowest BCUT2D eigenvalue weighted by atomic mass is 9.83. The Hall–Kier alpha value is -3.95. The molecule has 9 heteroatoms. The van der Waals surface area contributed by atoms with Crippen molar-refractivity contribution >= 4 is 53.0 Å². The molecule has 5 aliphatic rings. The van der Waals surface area contributed by atoms with Crippen LogP contribution in [-0.2, 0) is 9.59 Å². The summed E-state index contributed by atoms with van der Waals surface area (Å²) >= 11 is 0. The Morgan fingerprint density at radius 3 is 1.80 bits per heavy atom. The van der Waals surface area contributed by atoms with Crippen molar-refractivity contribution in [2.45, 2.75) is 50.6 Å². The van der Waals surface area contributed by atoms with Gasteiger partial charge in [0.2, 0.25) is 0 Å². The normalized spacial score (nSPS) is 21.2. The van der Waals surface area contributed by atoms with Crippen LogP contribution in [-0.4, -0.2) is 80.4 Å². The van der Waals surface area contributed by atoms with Gasteiger partial charge in [0.15, 0.2) is 0 Å². The molecule has 0 atom stereocenters. The second kappa shape index (κ2) is 11.5. The Morgan fingerprint density at radius 2 is 1.32 bits per heavy atom. The molecule has 44 heavy (non-hydrogen) atoms. The fourth-order valence-electron chi connectivity index (χ4n) is 7.65. The molecular formula is C35H39N3O5Si. The minimum atomic E-state index is -2.21. The van der Waals surface area contributed by atoms with Crippen molar-refractivity contribution in [3.8, 4) is 0 Å². The molecule has 3 saturated heterocycles. The van der Waals surface area contributed by atoms with E-state index in [1.54, 1.807) is 0 Å². The van der Waals surface area contributed by atoms with E-state index in [1.807, 2.05) is 0 Å². The average Bonchev–Trinajstić information content (AvgIpc) is 2.97. The van der Waals surface area contributed by atoms with Crippen molar-refractivity contribution in [1.82, 2.24) is 0 Å². The maximum atomic E-state index is 12.9. The highest BCUT2D eigenvalue weighted by molar-refractivity contribution is 7.04. The fraction of sp³-hybridized carbons (Fsp3) is 0.400. The van der Waals surface area contributed by atoms with E-state index in [-0.39, 0.29) is 30.0 Å². The van der Waals surface area contributed by atoms with E-state index in [0.29, 0.717) is 12.0 Å². The summed E-state index contributed by atoms with van der Waals surface area (Å²) in [6, 6.07) is 15.8. The highest BCUT2D eigenvalue weighted by Crippen LogP contribution is 2.43. The average molecular weight is 610 g/mol. The van der Waals surface area contributed by atoms with Gasteiger partial charge in [0.25, 0.3) is 0 Å². The number of allylic oxidation sites excluding steroid dienone is 2. The lowest BCUT2D eigenvalue weighted by molar-refractivity contribution is -0.133. The van der Waals surface area contributed by atoms with Crippen LogP contribution in [0.15, 0.2) is 70.3 Å². The number of aliphatic hydroxyl groups excluding tert-OH is 1. The number of aliphatic imine (C=N–C) groups is 1. The molecule has 3 N–H and O–H groups in total. The van der Waals surface area contributed by atoms with Crippen molar-refractivity contribution in [2.24, 2.45) is 4.99 Å². The third-order valence-corrected chi connectivity index (χ3v) is 15.5. The lowest BCUT2D eigenvalue weighted by Crippen LogP contribution is -2.63. The number of carboxylic acids is 2. The van der Waals surface area contributed by atoms with Crippen LogP contribution in [0, 0.1) is 0 Å². The third-order valence-electron chi connectivity index (χ3n) is 10.2. The quantitative estimate of drug-likeness (QED) is 0.323. The molecule has 1 spiro atoms. The van der Waals surface area contributed by atoms with E-state index in [4.69, 9.17) is 0 Å². The van der Waals surface area contributed by atoms with Crippen LogP contribution < -0.4 is 20.2 Å². The second-order valence-corrected chi connectivity index (χ2v) is 16.9. The Labute approximate surface area is 258 Å². The minimum absolute atomic E-state index is 0.0249. The van der Waals surface area contributed by atoms with Crippen LogP contribution in [0.4, 0.5) is 11.4 Å². The zero-order valence-corrected chi connectivity index (χ0v) is 26.0. The van der Waals surface area contributed by atoms with Gasteiger partial charge in [-0.3, -0.25) is 4.99 Å². The van der Waals surface area contributed by atoms with Gasteiger partial charge in [-0.2, -0.15) is 0 Å². The number of rotatable bonds is 7. The molecule has 2 aromatic carbocycles. The number of hydrogen-bond acceptors (Lipinski definition) is 6. The zero-order valence-electron chi connectivity index (χ0n) is 25.0. The van der Waals surface area contributed by atoms with E-state index < -0.39 is 20.0 Å². The molecule has 4 aliphatic heterocycles. The molecule has 0 amide bonds. The Balaban J connectivity index is 1.52. The van der Waals surface area contributed by atoms with Crippen molar-refractivity contribution in [1.29, 1.82) is 0 Å². The largest absolute Gasteiger partial charge is 0.478 e. The van der Waals surface area contributed by atoms with Gasteiger partial charge in [-0.25, -0.2) is 9.59 Å². The summed E-state index contributed by atoms with van der Waals surface area (Å²) in [6.07, 6.45) is 9.30. The third kappa shape index (κ3) is 4.73. The number of hydrogen-bond donors (Lipinski definition) is 3. The molecule has 228 valence electrons. The molecule has 0 aromatic heterocycles. The number of anilines is 2. The lowest BCUT2D eigenvalue weighted by Gasteiger charge is -2.45. The Morgan fingerprint density at radius 1 is 0.750 bits per heavy atom. The van der Waals surface area contributed by atoms with Gasteiger partial charge in [-0.15, -0.1) is 0 Å². The predicted octanol–water partition coefficient (Wildman–Crippen LogP) is 3.83. The molecule has 0 unspecified atom stereocenters. The maximum absolute atomic E-state index is 12.9. The van der Waals surface area contributed by atoms with Crippen LogP contribution in [0.5, 0.6) is 0 Å². The molecular weight excluding hydrogens is 570 g/mol. The van der Waals surface area contributed by atoms with Gasteiger partial charge in [0.05, 0.1) is 16.9 Å². The van der Waals surface area contributed by atoms with Gasteiger partial charge < -0.3 is 25.1 Å². The first-order chi connectivity index (χ1) is 21.4. The topological polar surface area (TPSA) is 114 Å².